The molecular weight excluding hydrogens is 344 g/mol. The molecule has 0 aromatic heterocycles. The molecule has 6 heteroatoms. The lowest BCUT2D eigenvalue weighted by molar-refractivity contribution is 0.239. The van der Waals surface area contributed by atoms with Crippen molar-refractivity contribution in [3.63, 3.8) is 0 Å². The fourth-order valence-electron chi connectivity index (χ4n) is 2.59. The molecule has 0 saturated carbocycles. The van der Waals surface area contributed by atoms with Gasteiger partial charge in [-0.1, -0.05) is 24.3 Å². The number of aryl methyl sites for hydroxylation is 1. The van der Waals surface area contributed by atoms with Crippen molar-refractivity contribution in [2.75, 3.05) is 33.9 Å². The molecule has 0 aliphatic heterocycles. The van der Waals surface area contributed by atoms with E-state index >= 15 is 0 Å². The molecule has 0 radical (unpaired) electrons. The number of nitrogens with one attached hydrogen (secondary N) is 2. The van der Waals surface area contributed by atoms with Crippen molar-refractivity contribution in [3.8, 4) is 17.2 Å². The number of para-hydroxylation sites is 1. The third kappa shape index (κ3) is 6.73. The van der Waals surface area contributed by atoms with Gasteiger partial charge < -0.3 is 24.8 Å². The third-order valence-corrected chi connectivity index (χ3v) is 4.11. The first-order valence-corrected chi connectivity index (χ1v) is 9.05. The standard InChI is InChI=1S/C21H28N2O4/c1-16-7-4-5-8-18(16)27-14-6-12-22-21(24)23-13-11-17-9-10-19(25-2)20(15-17)26-3/h4-5,7-10,15H,6,11-14H2,1-3H3,(H2,22,23,24). The minimum Gasteiger partial charge on any atom is -0.493 e. The van der Waals surface area contributed by atoms with Crippen molar-refractivity contribution in [2.24, 2.45) is 0 Å². The summed E-state index contributed by atoms with van der Waals surface area (Å²) in [5.74, 6) is 2.27. The van der Waals surface area contributed by atoms with E-state index in [4.69, 9.17) is 14.2 Å². The molecule has 2 amide bonds. The molecule has 27 heavy (non-hydrogen) atoms. The Hall–Kier alpha value is -2.89. The van der Waals surface area contributed by atoms with E-state index in [9.17, 15) is 4.79 Å². The van der Waals surface area contributed by atoms with E-state index in [0.29, 0.717) is 37.6 Å². The summed E-state index contributed by atoms with van der Waals surface area (Å²) in [5.41, 5.74) is 2.18. The summed E-state index contributed by atoms with van der Waals surface area (Å²) in [6, 6.07) is 13.5. The van der Waals surface area contributed by atoms with Gasteiger partial charge in [0.1, 0.15) is 5.75 Å². The van der Waals surface area contributed by atoms with Crippen LogP contribution in [0, 0.1) is 6.92 Å². The molecule has 2 aromatic rings. The second-order valence-corrected chi connectivity index (χ2v) is 6.09. The third-order valence-electron chi connectivity index (χ3n) is 4.11. The van der Waals surface area contributed by atoms with Gasteiger partial charge in [-0.2, -0.15) is 0 Å². The van der Waals surface area contributed by atoms with Crippen LogP contribution in [-0.4, -0.2) is 39.9 Å². The van der Waals surface area contributed by atoms with Crippen LogP contribution in [0.15, 0.2) is 42.5 Å². The maximum absolute atomic E-state index is 11.8. The predicted octanol–water partition coefficient (Wildman–Crippen LogP) is 3.32. The van der Waals surface area contributed by atoms with Crippen molar-refractivity contribution in [2.45, 2.75) is 19.8 Å². The summed E-state index contributed by atoms with van der Waals surface area (Å²) >= 11 is 0. The molecule has 146 valence electrons. The Morgan fingerprint density at radius 3 is 2.41 bits per heavy atom. The molecule has 0 aliphatic carbocycles. The van der Waals surface area contributed by atoms with Gasteiger partial charge >= 0.3 is 6.03 Å². The molecule has 0 atom stereocenters. The van der Waals surface area contributed by atoms with E-state index in [1.165, 1.54) is 0 Å². The minimum absolute atomic E-state index is 0.175. The largest absolute Gasteiger partial charge is 0.493 e. The summed E-state index contributed by atoms with van der Waals surface area (Å²) in [5, 5.41) is 5.69. The van der Waals surface area contributed by atoms with Gasteiger partial charge in [0.25, 0.3) is 0 Å². The molecule has 0 bridgehead atoms. The number of hydrogen-bond acceptors (Lipinski definition) is 4. The van der Waals surface area contributed by atoms with Crippen LogP contribution in [0.2, 0.25) is 0 Å². The zero-order chi connectivity index (χ0) is 19.5. The molecule has 0 saturated heterocycles. The SMILES string of the molecule is COc1ccc(CCNC(=O)NCCCOc2ccccc2C)cc1OC. The van der Waals surface area contributed by atoms with E-state index in [2.05, 4.69) is 10.6 Å². The number of rotatable bonds is 10. The van der Waals surface area contributed by atoms with E-state index in [1.54, 1.807) is 14.2 Å². The molecule has 2 aromatic carbocycles. The monoisotopic (exact) mass is 372 g/mol. The van der Waals surface area contributed by atoms with Crippen molar-refractivity contribution >= 4 is 6.03 Å². The number of urea groups is 1. The molecular formula is C21H28N2O4. The van der Waals surface area contributed by atoms with Crippen molar-refractivity contribution in [3.05, 3.63) is 53.6 Å². The Kier molecular flexibility index (Phi) is 8.29. The fraction of sp³-hybridized carbons (Fsp3) is 0.381. The first-order valence-electron chi connectivity index (χ1n) is 9.05. The van der Waals surface area contributed by atoms with Gasteiger partial charge in [0.05, 0.1) is 20.8 Å². The first kappa shape index (κ1) is 20.4. The Morgan fingerprint density at radius 1 is 0.926 bits per heavy atom. The Labute approximate surface area is 160 Å². The lowest BCUT2D eigenvalue weighted by Crippen LogP contribution is -2.37. The Balaban J connectivity index is 1.60. The number of hydrogen-bond donors (Lipinski definition) is 2. The van der Waals surface area contributed by atoms with Crippen LogP contribution in [0.25, 0.3) is 0 Å². The molecule has 0 unspecified atom stereocenters. The smallest absolute Gasteiger partial charge is 0.314 e. The summed E-state index contributed by atoms with van der Waals surface area (Å²) in [7, 11) is 3.21. The van der Waals surface area contributed by atoms with Crippen LogP contribution in [0.1, 0.15) is 17.5 Å². The highest BCUT2D eigenvalue weighted by Gasteiger charge is 2.05. The van der Waals surface area contributed by atoms with Gasteiger partial charge in [0, 0.05) is 13.1 Å². The number of amides is 2. The van der Waals surface area contributed by atoms with Crippen LogP contribution in [0.3, 0.4) is 0 Å². The zero-order valence-electron chi connectivity index (χ0n) is 16.2. The van der Waals surface area contributed by atoms with Gasteiger partial charge in [-0.15, -0.1) is 0 Å². The first-order chi connectivity index (χ1) is 13.1. The van der Waals surface area contributed by atoms with Crippen LogP contribution in [-0.2, 0) is 6.42 Å². The van der Waals surface area contributed by atoms with Gasteiger partial charge in [0.2, 0.25) is 0 Å². The number of methoxy groups -OCH3 is 2. The van der Waals surface area contributed by atoms with Crippen LogP contribution in [0.4, 0.5) is 4.79 Å². The molecule has 2 N–H and O–H groups in total. The number of ether oxygens (including phenoxy) is 3. The predicted molar refractivity (Wildman–Crippen MR) is 106 cm³/mol. The highest BCUT2D eigenvalue weighted by atomic mass is 16.5. The second-order valence-electron chi connectivity index (χ2n) is 6.09. The molecule has 0 heterocycles. The number of carbonyl (C=O) groups is 1. The van der Waals surface area contributed by atoms with E-state index in [0.717, 1.165) is 23.3 Å². The average Bonchev–Trinajstić information content (AvgIpc) is 2.69. The van der Waals surface area contributed by atoms with Crippen molar-refractivity contribution < 1.29 is 19.0 Å². The lowest BCUT2D eigenvalue weighted by atomic mass is 10.1. The summed E-state index contributed by atoms with van der Waals surface area (Å²) in [6.07, 6.45) is 1.46. The Bertz CT molecular complexity index is 734. The van der Waals surface area contributed by atoms with Gasteiger partial charge in [0.15, 0.2) is 11.5 Å². The topological polar surface area (TPSA) is 68.8 Å². The van der Waals surface area contributed by atoms with E-state index in [-0.39, 0.29) is 6.03 Å². The molecule has 2 rings (SSSR count). The summed E-state index contributed by atoms with van der Waals surface area (Å²) in [6.45, 7) is 3.69. The minimum atomic E-state index is -0.175. The van der Waals surface area contributed by atoms with Gasteiger partial charge in [-0.05, 0) is 49.1 Å². The maximum atomic E-state index is 11.8. The number of benzene rings is 2. The van der Waals surface area contributed by atoms with Gasteiger partial charge in [-0.3, -0.25) is 0 Å². The molecule has 6 nitrogen and oxygen atoms in total. The van der Waals surface area contributed by atoms with Gasteiger partial charge in [-0.25, -0.2) is 4.79 Å². The highest BCUT2D eigenvalue weighted by molar-refractivity contribution is 5.73. The average molecular weight is 372 g/mol. The van der Waals surface area contributed by atoms with E-state index < -0.39 is 0 Å². The molecule has 0 aliphatic rings. The summed E-state index contributed by atoms with van der Waals surface area (Å²) in [4.78, 5) is 11.8. The van der Waals surface area contributed by atoms with Crippen molar-refractivity contribution in [1.82, 2.24) is 10.6 Å². The second kappa shape index (κ2) is 11.0. The molecule has 0 spiro atoms. The quantitative estimate of drug-likeness (QED) is 0.628. The van der Waals surface area contributed by atoms with Crippen LogP contribution < -0.4 is 24.8 Å². The van der Waals surface area contributed by atoms with Crippen LogP contribution >= 0.6 is 0 Å². The normalized spacial score (nSPS) is 10.2. The summed E-state index contributed by atoms with van der Waals surface area (Å²) < 4.78 is 16.2. The van der Waals surface area contributed by atoms with E-state index in [1.807, 2.05) is 49.4 Å². The van der Waals surface area contributed by atoms with Crippen LogP contribution in [0.5, 0.6) is 17.2 Å². The number of carbonyl (C=O) groups excluding carboxylic acids is 1. The highest BCUT2D eigenvalue weighted by Crippen LogP contribution is 2.27. The Morgan fingerprint density at radius 2 is 1.67 bits per heavy atom. The lowest BCUT2D eigenvalue weighted by Gasteiger charge is -2.11. The fourth-order valence-corrected chi connectivity index (χ4v) is 2.59. The van der Waals surface area contributed by atoms with Crippen molar-refractivity contribution in [1.29, 1.82) is 0 Å². The maximum Gasteiger partial charge on any atom is 0.314 e. The molecule has 0 fully saturated rings. The zero-order valence-corrected chi connectivity index (χ0v) is 16.2.